The fraction of sp³-hybridized carbons (Fsp3) is 0.231. The van der Waals surface area contributed by atoms with E-state index in [1.165, 1.54) is 18.3 Å². The number of benzene rings is 1. The third kappa shape index (κ3) is 3.62. The van der Waals surface area contributed by atoms with Crippen LogP contribution in [0.15, 0.2) is 30.5 Å². The van der Waals surface area contributed by atoms with Gasteiger partial charge in [0.15, 0.2) is 0 Å². The number of carbonyl (C=O) groups excluding carboxylic acids is 1. The van der Waals surface area contributed by atoms with E-state index >= 15 is 0 Å². The van der Waals surface area contributed by atoms with Crippen molar-refractivity contribution in [3.05, 3.63) is 41.0 Å². The highest BCUT2D eigenvalue weighted by molar-refractivity contribution is 6.35. The van der Waals surface area contributed by atoms with Crippen LogP contribution in [-0.2, 0) is 4.79 Å². The van der Waals surface area contributed by atoms with E-state index in [0.29, 0.717) is 15.9 Å². The molecule has 0 aliphatic rings. The van der Waals surface area contributed by atoms with Gasteiger partial charge in [0, 0.05) is 22.2 Å². The molecule has 1 atom stereocenters. The number of nitrogens with zero attached hydrogens (tertiary/aromatic N) is 1. The summed E-state index contributed by atoms with van der Waals surface area (Å²) in [5, 5.41) is 3.03. The van der Waals surface area contributed by atoms with E-state index in [2.05, 4.69) is 10.3 Å². The standard InChI is InChI=1S/C13H11ClF3N3O/c14-9-4-3-8(10-7(9)2-1-5-19-10)11(12(18)21)20-6-13(15,16)17/h1-5,11,20H,6H2,(H2,18,21). The molecule has 3 N–H and O–H groups in total. The molecule has 0 aliphatic heterocycles. The van der Waals surface area contributed by atoms with Crippen LogP contribution < -0.4 is 11.1 Å². The number of fused-ring (bicyclic) bond motifs is 1. The minimum atomic E-state index is -4.46. The Labute approximate surface area is 123 Å². The maximum atomic E-state index is 12.3. The van der Waals surface area contributed by atoms with Crippen molar-refractivity contribution >= 4 is 28.4 Å². The summed E-state index contributed by atoms with van der Waals surface area (Å²) in [5.74, 6) is -0.923. The van der Waals surface area contributed by atoms with Gasteiger partial charge >= 0.3 is 6.18 Å². The summed E-state index contributed by atoms with van der Waals surface area (Å²) in [4.78, 5) is 15.6. The van der Waals surface area contributed by atoms with Crippen LogP contribution in [0.2, 0.25) is 5.02 Å². The number of nitrogens with one attached hydrogen (secondary N) is 1. The predicted molar refractivity (Wildman–Crippen MR) is 72.7 cm³/mol. The van der Waals surface area contributed by atoms with Gasteiger partial charge in [-0.15, -0.1) is 0 Å². The number of nitrogens with two attached hydrogens (primary N) is 1. The molecule has 4 nitrogen and oxygen atoms in total. The largest absolute Gasteiger partial charge is 0.401 e. The molecule has 1 unspecified atom stereocenters. The maximum absolute atomic E-state index is 12.3. The molecule has 0 saturated heterocycles. The summed E-state index contributed by atoms with van der Waals surface area (Å²) >= 11 is 6.01. The Morgan fingerprint density at radius 1 is 1.38 bits per heavy atom. The first-order valence-corrected chi connectivity index (χ1v) is 6.30. The summed E-state index contributed by atoms with van der Waals surface area (Å²) in [5.41, 5.74) is 5.79. The van der Waals surface area contributed by atoms with Crippen molar-refractivity contribution < 1.29 is 18.0 Å². The summed E-state index contributed by atoms with van der Waals surface area (Å²) in [6.07, 6.45) is -2.99. The van der Waals surface area contributed by atoms with Crippen molar-refractivity contribution in [2.24, 2.45) is 5.73 Å². The lowest BCUT2D eigenvalue weighted by Crippen LogP contribution is -2.39. The van der Waals surface area contributed by atoms with E-state index in [1.54, 1.807) is 12.1 Å². The lowest BCUT2D eigenvalue weighted by atomic mass is 10.0. The van der Waals surface area contributed by atoms with Gasteiger partial charge in [-0.25, -0.2) is 0 Å². The highest BCUT2D eigenvalue weighted by Gasteiger charge is 2.30. The third-order valence-electron chi connectivity index (χ3n) is 2.85. The monoisotopic (exact) mass is 317 g/mol. The van der Waals surface area contributed by atoms with Crippen LogP contribution in [0.5, 0.6) is 0 Å². The molecule has 0 fully saturated rings. The van der Waals surface area contributed by atoms with E-state index in [0.717, 1.165) is 0 Å². The van der Waals surface area contributed by atoms with Crippen LogP contribution in [0, 0.1) is 0 Å². The van der Waals surface area contributed by atoms with Crippen molar-refractivity contribution in [2.45, 2.75) is 12.2 Å². The van der Waals surface area contributed by atoms with E-state index in [4.69, 9.17) is 17.3 Å². The van der Waals surface area contributed by atoms with Gasteiger partial charge in [-0.3, -0.25) is 15.1 Å². The Bertz CT molecular complexity index is 675. The quantitative estimate of drug-likeness (QED) is 0.910. The fourth-order valence-electron chi connectivity index (χ4n) is 1.97. The Kier molecular flexibility index (Phi) is 4.34. The zero-order valence-corrected chi connectivity index (χ0v) is 11.4. The second kappa shape index (κ2) is 5.87. The molecule has 1 aromatic carbocycles. The van der Waals surface area contributed by atoms with Crippen LogP contribution in [0.4, 0.5) is 13.2 Å². The van der Waals surface area contributed by atoms with Crippen molar-refractivity contribution in [3.63, 3.8) is 0 Å². The van der Waals surface area contributed by atoms with Gasteiger partial charge in [0.25, 0.3) is 0 Å². The smallest absolute Gasteiger partial charge is 0.368 e. The zero-order chi connectivity index (χ0) is 15.6. The predicted octanol–water partition coefficient (Wildman–Crippen LogP) is 2.57. The van der Waals surface area contributed by atoms with Crippen molar-refractivity contribution in [1.29, 1.82) is 0 Å². The highest BCUT2D eigenvalue weighted by Crippen LogP contribution is 2.29. The van der Waals surface area contributed by atoms with Crippen molar-refractivity contribution in [2.75, 3.05) is 6.54 Å². The molecule has 1 amide bonds. The second-order valence-corrected chi connectivity index (χ2v) is 4.77. The summed E-state index contributed by atoms with van der Waals surface area (Å²) < 4.78 is 37.0. The Hall–Kier alpha value is -1.86. The van der Waals surface area contributed by atoms with Gasteiger partial charge < -0.3 is 5.73 Å². The number of primary amides is 1. The van der Waals surface area contributed by atoms with E-state index < -0.39 is 24.7 Å². The third-order valence-corrected chi connectivity index (χ3v) is 3.18. The summed E-state index contributed by atoms with van der Waals surface area (Å²) in [6.45, 7) is -1.34. The molecule has 21 heavy (non-hydrogen) atoms. The molecular weight excluding hydrogens is 307 g/mol. The first kappa shape index (κ1) is 15.5. The molecule has 112 valence electrons. The van der Waals surface area contributed by atoms with Crippen LogP contribution >= 0.6 is 11.6 Å². The van der Waals surface area contributed by atoms with Crippen LogP contribution in [-0.4, -0.2) is 23.6 Å². The molecule has 0 spiro atoms. The van der Waals surface area contributed by atoms with Crippen molar-refractivity contribution in [3.8, 4) is 0 Å². The number of aromatic nitrogens is 1. The normalized spacial score (nSPS) is 13.3. The topological polar surface area (TPSA) is 68.0 Å². The van der Waals surface area contributed by atoms with Crippen LogP contribution in [0.25, 0.3) is 10.9 Å². The first-order valence-electron chi connectivity index (χ1n) is 5.92. The fourth-order valence-corrected chi connectivity index (χ4v) is 2.19. The number of rotatable bonds is 4. The van der Waals surface area contributed by atoms with Crippen molar-refractivity contribution in [1.82, 2.24) is 10.3 Å². The lowest BCUT2D eigenvalue weighted by Gasteiger charge is -2.18. The number of hydrogen-bond donors (Lipinski definition) is 2. The Morgan fingerprint density at radius 3 is 2.71 bits per heavy atom. The average molecular weight is 318 g/mol. The van der Waals surface area contributed by atoms with Gasteiger partial charge in [-0.2, -0.15) is 13.2 Å². The van der Waals surface area contributed by atoms with Gasteiger partial charge in [-0.1, -0.05) is 17.7 Å². The van der Waals surface area contributed by atoms with Crippen LogP contribution in [0.1, 0.15) is 11.6 Å². The number of amides is 1. The van der Waals surface area contributed by atoms with Gasteiger partial charge in [0.2, 0.25) is 5.91 Å². The molecule has 2 rings (SSSR count). The Balaban J connectivity index is 2.46. The van der Waals surface area contributed by atoms with Gasteiger partial charge in [-0.05, 0) is 18.2 Å². The molecule has 8 heteroatoms. The molecule has 0 saturated carbocycles. The SMILES string of the molecule is NC(=O)C(NCC(F)(F)F)c1ccc(Cl)c2cccnc12. The lowest BCUT2D eigenvalue weighted by molar-refractivity contribution is -0.130. The molecule has 0 bridgehead atoms. The van der Waals surface area contributed by atoms with E-state index in [9.17, 15) is 18.0 Å². The minimum Gasteiger partial charge on any atom is -0.368 e. The molecule has 0 radical (unpaired) electrons. The Morgan fingerprint density at radius 2 is 2.10 bits per heavy atom. The number of carbonyl (C=O) groups is 1. The summed E-state index contributed by atoms with van der Waals surface area (Å²) in [6, 6.07) is 4.93. The van der Waals surface area contributed by atoms with Gasteiger partial charge in [0.05, 0.1) is 12.1 Å². The van der Waals surface area contributed by atoms with Crippen LogP contribution in [0.3, 0.4) is 0 Å². The maximum Gasteiger partial charge on any atom is 0.401 e. The molecule has 1 heterocycles. The number of hydrogen-bond acceptors (Lipinski definition) is 3. The highest BCUT2D eigenvalue weighted by atomic mass is 35.5. The number of alkyl halides is 3. The zero-order valence-electron chi connectivity index (χ0n) is 10.6. The molecular formula is C13H11ClF3N3O. The number of pyridine rings is 1. The average Bonchev–Trinajstić information content (AvgIpc) is 2.40. The molecule has 0 aliphatic carbocycles. The number of halogens is 4. The molecule has 1 aromatic heterocycles. The van der Waals surface area contributed by atoms with E-state index in [1.807, 2.05) is 0 Å². The first-order chi connectivity index (χ1) is 9.79. The summed E-state index contributed by atoms with van der Waals surface area (Å²) in [7, 11) is 0. The molecule has 2 aromatic rings. The second-order valence-electron chi connectivity index (χ2n) is 4.37. The minimum absolute atomic E-state index is 0.256. The van der Waals surface area contributed by atoms with Gasteiger partial charge in [0.1, 0.15) is 6.04 Å². The van der Waals surface area contributed by atoms with E-state index in [-0.39, 0.29) is 5.56 Å².